The number of carbonyl (C=O) groups excluding carboxylic acids is 1. The first kappa shape index (κ1) is 12.8. The molecule has 0 unspecified atom stereocenters. The largest absolute Gasteiger partial charge is 0.496 e. The Bertz CT molecular complexity index is 369. The van der Waals surface area contributed by atoms with Crippen LogP contribution >= 0.6 is 11.6 Å². The Morgan fingerprint density at radius 1 is 1.56 bits per heavy atom. The highest BCUT2D eigenvalue weighted by atomic mass is 35.5. The van der Waals surface area contributed by atoms with E-state index in [0.717, 1.165) is 5.56 Å². The molecule has 0 bridgehead atoms. The molecule has 1 rings (SSSR count). The lowest BCUT2D eigenvalue weighted by molar-refractivity contribution is -0.121. The van der Waals surface area contributed by atoms with Crippen LogP contribution in [0.1, 0.15) is 12.0 Å². The van der Waals surface area contributed by atoms with Crippen LogP contribution in [0, 0.1) is 0 Å². The van der Waals surface area contributed by atoms with Gasteiger partial charge in [0.05, 0.1) is 7.11 Å². The third-order valence-corrected chi connectivity index (χ3v) is 2.32. The highest BCUT2D eigenvalue weighted by Crippen LogP contribution is 2.22. The molecule has 0 aliphatic carbocycles. The van der Waals surface area contributed by atoms with Gasteiger partial charge in [-0.05, 0) is 18.2 Å². The third-order valence-electron chi connectivity index (χ3n) is 2.09. The number of hydrogen-bond donors (Lipinski definition) is 2. The summed E-state index contributed by atoms with van der Waals surface area (Å²) in [5, 5.41) is 3.36. The van der Waals surface area contributed by atoms with Gasteiger partial charge in [-0.2, -0.15) is 0 Å². The molecular weight excluding hydrogens is 228 g/mol. The van der Waals surface area contributed by atoms with Crippen LogP contribution in [-0.4, -0.2) is 19.6 Å². The normalized spacial score (nSPS) is 9.94. The fourth-order valence-electron chi connectivity index (χ4n) is 1.30. The molecule has 0 spiro atoms. The number of hydrogen-bond acceptors (Lipinski definition) is 3. The molecule has 0 fully saturated rings. The maximum Gasteiger partial charge on any atom is 0.221 e. The molecule has 0 saturated carbocycles. The summed E-state index contributed by atoms with van der Waals surface area (Å²) in [4.78, 5) is 11.2. The molecule has 0 aliphatic rings. The first-order chi connectivity index (χ1) is 7.67. The van der Waals surface area contributed by atoms with E-state index in [9.17, 15) is 4.79 Å². The number of carbonyl (C=O) groups is 1. The van der Waals surface area contributed by atoms with Gasteiger partial charge >= 0.3 is 0 Å². The molecule has 1 aromatic rings. The Hall–Kier alpha value is -1.26. The minimum absolute atomic E-state index is 0.0791. The van der Waals surface area contributed by atoms with Crippen molar-refractivity contribution in [3.05, 3.63) is 28.8 Å². The number of nitrogens with two attached hydrogens (primary N) is 1. The molecule has 16 heavy (non-hydrogen) atoms. The van der Waals surface area contributed by atoms with Crippen LogP contribution in [0.5, 0.6) is 5.75 Å². The van der Waals surface area contributed by atoms with Crippen LogP contribution in [0.4, 0.5) is 0 Å². The highest BCUT2D eigenvalue weighted by Gasteiger charge is 2.05. The van der Waals surface area contributed by atoms with E-state index in [-0.39, 0.29) is 5.91 Å². The van der Waals surface area contributed by atoms with E-state index in [1.165, 1.54) is 0 Å². The molecule has 0 aliphatic heterocycles. The molecule has 3 N–H and O–H groups in total. The summed E-state index contributed by atoms with van der Waals surface area (Å²) >= 11 is 5.86. The number of nitrogens with one attached hydrogen (secondary N) is 1. The topological polar surface area (TPSA) is 64.3 Å². The lowest BCUT2D eigenvalue weighted by Crippen LogP contribution is -2.25. The molecule has 1 amide bonds. The lowest BCUT2D eigenvalue weighted by atomic mass is 10.2. The van der Waals surface area contributed by atoms with Crippen LogP contribution in [0.15, 0.2) is 18.2 Å². The Balaban J connectivity index is 2.65. The second-order valence-corrected chi connectivity index (χ2v) is 3.71. The van der Waals surface area contributed by atoms with E-state index >= 15 is 0 Å². The first-order valence-corrected chi connectivity index (χ1v) is 5.34. The number of benzene rings is 1. The van der Waals surface area contributed by atoms with E-state index in [0.29, 0.717) is 30.3 Å². The number of ether oxygens (including phenoxy) is 1. The Morgan fingerprint density at radius 3 is 2.94 bits per heavy atom. The molecule has 0 saturated heterocycles. The fourth-order valence-corrected chi connectivity index (χ4v) is 1.49. The van der Waals surface area contributed by atoms with Crippen LogP contribution in [-0.2, 0) is 11.3 Å². The second-order valence-electron chi connectivity index (χ2n) is 3.27. The van der Waals surface area contributed by atoms with Crippen molar-refractivity contribution < 1.29 is 9.53 Å². The molecule has 0 atom stereocenters. The number of rotatable bonds is 5. The molecule has 4 nitrogen and oxygen atoms in total. The molecule has 1 aromatic carbocycles. The van der Waals surface area contributed by atoms with Crippen LogP contribution in [0.2, 0.25) is 5.02 Å². The van der Waals surface area contributed by atoms with Crippen molar-refractivity contribution >= 4 is 17.5 Å². The summed E-state index contributed by atoms with van der Waals surface area (Å²) in [6.45, 7) is 0.737. The molecule has 0 radical (unpaired) electrons. The maximum absolute atomic E-state index is 11.2. The van der Waals surface area contributed by atoms with Gasteiger partial charge in [0.15, 0.2) is 0 Å². The van der Waals surface area contributed by atoms with Crippen molar-refractivity contribution in [3.63, 3.8) is 0 Å². The number of methoxy groups -OCH3 is 1. The maximum atomic E-state index is 11.2. The molecule has 0 aromatic heterocycles. The van der Waals surface area contributed by atoms with Crippen molar-refractivity contribution in [2.75, 3.05) is 13.7 Å². The van der Waals surface area contributed by atoms with Crippen molar-refractivity contribution in [3.8, 4) is 5.75 Å². The fraction of sp³-hybridized carbons (Fsp3) is 0.364. The zero-order valence-corrected chi connectivity index (χ0v) is 9.88. The van der Waals surface area contributed by atoms with Gasteiger partial charge in [0.25, 0.3) is 0 Å². The summed E-state index contributed by atoms with van der Waals surface area (Å²) in [6.07, 6.45) is 0.322. The van der Waals surface area contributed by atoms with Gasteiger partial charge in [-0.3, -0.25) is 4.79 Å². The summed E-state index contributed by atoms with van der Waals surface area (Å²) < 4.78 is 5.16. The van der Waals surface area contributed by atoms with Crippen molar-refractivity contribution in [2.45, 2.75) is 13.0 Å². The summed E-state index contributed by atoms with van der Waals surface area (Å²) in [7, 11) is 1.58. The van der Waals surface area contributed by atoms with E-state index in [1.54, 1.807) is 25.3 Å². The second kappa shape index (κ2) is 6.35. The van der Waals surface area contributed by atoms with Crippen LogP contribution in [0.25, 0.3) is 0 Å². The Labute approximate surface area is 99.7 Å². The number of halogens is 1. The predicted octanol–water partition coefficient (Wildman–Crippen LogP) is 1.31. The van der Waals surface area contributed by atoms with Crippen molar-refractivity contribution in [1.82, 2.24) is 5.32 Å². The van der Waals surface area contributed by atoms with E-state index in [4.69, 9.17) is 22.1 Å². The Morgan fingerprint density at radius 2 is 2.31 bits per heavy atom. The SMILES string of the molecule is COc1ccc(Cl)cc1CNC(=O)CCN. The molecule has 0 heterocycles. The van der Waals surface area contributed by atoms with Gasteiger partial charge < -0.3 is 15.8 Å². The van der Waals surface area contributed by atoms with Crippen LogP contribution in [0.3, 0.4) is 0 Å². The van der Waals surface area contributed by atoms with E-state index in [2.05, 4.69) is 5.32 Å². The quantitative estimate of drug-likeness (QED) is 0.819. The molecule has 5 heteroatoms. The van der Waals surface area contributed by atoms with Crippen molar-refractivity contribution in [2.24, 2.45) is 5.73 Å². The van der Waals surface area contributed by atoms with Gasteiger partial charge in [-0.15, -0.1) is 0 Å². The van der Waals surface area contributed by atoms with Gasteiger partial charge in [0.2, 0.25) is 5.91 Å². The average molecular weight is 243 g/mol. The minimum atomic E-state index is -0.0791. The van der Waals surface area contributed by atoms with Gasteiger partial charge in [-0.25, -0.2) is 0 Å². The van der Waals surface area contributed by atoms with Gasteiger partial charge in [0, 0.05) is 30.1 Å². The first-order valence-electron chi connectivity index (χ1n) is 4.96. The smallest absolute Gasteiger partial charge is 0.221 e. The zero-order valence-electron chi connectivity index (χ0n) is 9.13. The van der Waals surface area contributed by atoms with Gasteiger partial charge in [0.1, 0.15) is 5.75 Å². The molecular formula is C11H15ClN2O2. The monoisotopic (exact) mass is 242 g/mol. The highest BCUT2D eigenvalue weighted by molar-refractivity contribution is 6.30. The average Bonchev–Trinajstić information content (AvgIpc) is 2.27. The Kier molecular flexibility index (Phi) is 5.08. The van der Waals surface area contributed by atoms with Crippen molar-refractivity contribution in [1.29, 1.82) is 0 Å². The number of amides is 1. The minimum Gasteiger partial charge on any atom is -0.496 e. The zero-order chi connectivity index (χ0) is 12.0. The standard InChI is InChI=1S/C11H15ClN2O2/c1-16-10-3-2-9(12)6-8(10)7-14-11(15)4-5-13/h2-3,6H,4-5,7,13H2,1H3,(H,14,15). The molecule has 88 valence electrons. The van der Waals surface area contributed by atoms with E-state index in [1.807, 2.05) is 0 Å². The third kappa shape index (κ3) is 3.72. The lowest BCUT2D eigenvalue weighted by Gasteiger charge is -2.09. The van der Waals surface area contributed by atoms with E-state index < -0.39 is 0 Å². The summed E-state index contributed by atoms with van der Waals surface area (Å²) in [5.74, 6) is 0.627. The van der Waals surface area contributed by atoms with Crippen LogP contribution < -0.4 is 15.8 Å². The van der Waals surface area contributed by atoms with Gasteiger partial charge in [-0.1, -0.05) is 11.6 Å². The predicted molar refractivity (Wildman–Crippen MR) is 63.5 cm³/mol. The summed E-state index contributed by atoms with van der Waals surface area (Å²) in [6, 6.07) is 5.28. The summed E-state index contributed by atoms with van der Waals surface area (Å²) in [5.41, 5.74) is 6.12.